The number of phenolic OH excluding ortho intramolecular Hbond substituents is 1. The van der Waals surface area contributed by atoms with Crippen LogP contribution in [-0.2, 0) is 19.6 Å². The van der Waals surface area contributed by atoms with E-state index in [1.807, 2.05) is 6.92 Å². The predicted molar refractivity (Wildman–Crippen MR) is 111 cm³/mol. The molecule has 1 aliphatic rings. The topological polar surface area (TPSA) is 113 Å². The molecule has 2 aromatic rings. The van der Waals surface area contributed by atoms with Crippen molar-refractivity contribution in [2.24, 2.45) is 0 Å². The number of phenols is 1. The largest absolute Gasteiger partial charge is 0.507 e. The Kier molecular flexibility index (Phi) is 6.81. The molecule has 0 aliphatic carbocycles. The molecule has 166 valence electrons. The Hall–Kier alpha value is -3.11. The Morgan fingerprint density at radius 1 is 1.03 bits per heavy atom. The van der Waals surface area contributed by atoms with Gasteiger partial charge in [0.2, 0.25) is 10.0 Å². The number of aromatic hydroxyl groups is 1. The van der Waals surface area contributed by atoms with E-state index in [0.717, 1.165) is 5.56 Å². The number of hydrogen-bond acceptors (Lipinski definition) is 7. The van der Waals surface area contributed by atoms with Crippen molar-refractivity contribution in [3.63, 3.8) is 0 Å². The molecule has 0 saturated carbocycles. The van der Waals surface area contributed by atoms with Gasteiger partial charge in [0, 0.05) is 26.2 Å². The normalized spacial score (nSPS) is 14.8. The van der Waals surface area contributed by atoms with E-state index in [-0.39, 0.29) is 42.4 Å². The van der Waals surface area contributed by atoms with Gasteiger partial charge in [-0.15, -0.1) is 0 Å². The van der Waals surface area contributed by atoms with Gasteiger partial charge >= 0.3 is 5.97 Å². The minimum absolute atomic E-state index is 0.110. The highest BCUT2D eigenvalue weighted by atomic mass is 32.2. The van der Waals surface area contributed by atoms with Gasteiger partial charge in [-0.3, -0.25) is 4.79 Å². The minimum Gasteiger partial charge on any atom is -0.507 e. The van der Waals surface area contributed by atoms with Crippen molar-refractivity contribution in [3.8, 4) is 11.5 Å². The zero-order valence-electron chi connectivity index (χ0n) is 17.3. The maximum Gasteiger partial charge on any atom is 0.342 e. The lowest BCUT2D eigenvalue weighted by Crippen LogP contribution is -2.51. The molecule has 1 aliphatic heterocycles. The van der Waals surface area contributed by atoms with Gasteiger partial charge < -0.3 is 19.5 Å². The Labute approximate surface area is 180 Å². The summed E-state index contributed by atoms with van der Waals surface area (Å²) in [5.41, 5.74) is 0.854. The average Bonchev–Trinajstić information content (AvgIpc) is 2.78. The van der Waals surface area contributed by atoms with Gasteiger partial charge in [-0.25, -0.2) is 13.2 Å². The standard InChI is InChI=1S/C21H24N2O7S/c1-15-3-6-17(7-4-15)31(27,28)23-11-9-22(10-12-23)20(25)14-30-21(26)18-13-16(29-2)5-8-19(18)24/h3-8,13,24H,9-12,14H2,1-2H3. The lowest BCUT2D eigenvalue weighted by Gasteiger charge is -2.33. The highest BCUT2D eigenvalue weighted by molar-refractivity contribution is 7.89. The molecule has 1 heterocycles. The summed E-state index contributed by atoms with van der Waals surface area (Å²) < 4.78 is 36.9. The number of sulfonamides is 1. The van der Waals surface area contributed by atoms with Crippen LogP contribution < -0.4 is 4.74 Å². The molecule has 0 bridgehead atoms. The van der Waals surface area contributed by atoms with Crippen LogP contribution in [0.25, 0.3) is 0 Å². The van der Waals surface area contributed by atoms with Crippen LogP contribution in [0.3, 0.4) is 0 Å². The molecule has 0 radical (unpaired) electrons. The van der Waals surface area contributed by atoms with Crippen LogP contribution in [0.4, 0.5) is 0 Å². The molecule has 0 aromatic heterocycles. The summed E-state index contributed by atoms with van der Waals surface area (Å²) >= 11 is 0. The first-order chi connectivity index (χ1) is 14.7. The van der Waals surface area contributed by atoms with Crippen LogP contribution in [0, 0.1) is 6.92 Å². The van der Waals surface area contributed by atoms with Gasteiger partial charge in [0.05, 0.1) is 12.0 Å². The fraction of sp³-hybridized carbons (Fsp3) is 0.333. The van der Waals surface area contributed by atoms with Crippen molar-refractivity contribution in [2.75, 3.05) is 39.9 Å². The zero-order valence-corrected chi connectivity index (χ0v) is 18.1. The lowest BCUT2D eigenvalue weighted by atomic mass is 10.2. The van der Waals surface area contributed by atoms with Gasteiger partial charge in [0.1, 0.15) is 17.1 Å². The highest BCUT2D eigenvalue weighted by Gasteiger charge is 2.30. The summed E-state index contributed by atoms with van der Waals surface area (Å²) in [6.45, 7) is 2.03. The van der Waals surface area contributed by atoms with Gasteiger partial charge in [0.25, 0.3) is 5.91 Å². The second-order valence-corrected chi connectivity index (χ2v) is 9.00. The molecule has 1 fully saturated rings. The second-order valence-electron chi connectivity index (χ2n) is 7.06. The fourth-order valence-corrected chi connectivity index (χ4v) is 4.56. The molecule has 1 saturated heterocycles. The van der Waals surface area contributed by atoms with Crippen molar-refractivity contribution in [1.82, 2.24) is 9.21 Å². The number of aryl methyl sites for hydroxylation is 1. The summed E-state index contributed by atoms with van der Waals surface area (Å²) in [5.74, 6) is -1.22. The van der Waals surface area contributed by atoms with E-state index < -0.39 is 28.5 Å². The van der Waals surface area contributed by atoms with E-state index >= 15 is 0 Å². The summed E-state index contributed by atoms with van der Waals surface area (Å²) in [7, 11) is -2.21. The molecule has 0 atom stereocenters. The Morgan fingerprint density at radius 3 is 2.29 bits per heavy atom. The van der Waals surface area contributed by atoms with Crippen LogP contribution in [0.5, 0.6) is 11.5 Å². The van der Waals surface area contributed by atoms with Crippen LogP contribution in [0.2, 0.25) is 0 Å². The van der Waals surface area contributed by atoms with E-state index in [0.29, 0.717) is 5.75 Å². The number of amides is 1. The Morgan fingerprint density at radius 2 is 1.68 bits per heavy atom. The lowest BCUT2D eigenvalue weighted by molar-refractivity contribution is -0.135. The third-order valence-electron chi connectivity index (χ3n) is 5.00. The molecule has 0 spiro atoms. The van der Waals surface area contributed by atoms with Gasteiger partial charge in [0.15, 0.2) is 6.61 Å². The number of benzene rings is 2. The minimum atomic E-state index is -3.63. The van der Waals surface area contributed by atoms with Crippen LogP contribution in [0.15, 0.2) is 47.4 Å². The van der Waals surface area contributed by atoms with Gasteiger partial charge in [-0.05, 0) is 37.3 Å². The molecule has 1 N–H and O–H groups in total. The first-order valence-electron chi connectivity index (χ1n) is 9.61. The maximum atomic E-state index is 12.8. The van der Waals surface area contributed by atoms with E-state index in [1.165, 1.54) is 34.5 Å². The highest BCUT2D eigenvalue weighted by Crippen LogP contribution is 2.23. The van der Waals surface area contributed by atoms with E-state index in [4.69, 9.17) is 9.47 Å². The smallest absolute Gasteiger partial charge is 0.342 e. The first-order valence-corrected chi connectivity index (χ1v) is 11.0. The molecule has 3 rings (SSSR count). The van der Waals surface area contributed by atoms with Crippen LogP contribution in [-0.4, -0.2) is 74.5 Å². The number of nitrogens with zero attached hydrogens (tertiary/aromatic N) is 2. The van der Waals surface area contributed by atoms with Crippen molar-refractivity contribution >= 4 is 21.9 Å². The second kappa shape index (κ2) is 9.36. The van der Waals surface area contributed by atoms with Crippen molar-refractivity contribution in [1.29, 1.82) is 0 Å². The molecule has 9 nitrogen and oxygen atoms in total. The number of methoxy groups -OCH3 is 1. The van der Waals surface area contributed by atoms with Gasteiger partial charge in [-0.2, -0.15) is 4.31 Å². The summed E-state index contributed by atoms with van der Waals surface area (Å²) in [6.07, 6.45) is 0. The molecular weight excluding hydrogens is 424 g/mol. The third kappa shape index (κ3) is 5.15. The Balaban J connectivity index is 1.54. The van der Waals surface area contributed by atoms with Crippen LogP contribution >= 0.6 is 0 Å². The number of carbonyl (C=O) groups is 2. The van der Waals surface area contributed by atoms with Crippen molar-refractivity contribution < 1.29 is 32.6 Å². The quantitative estimate of drug-likeness (QED) is 0.665. The third-order valence-corrected chi connectivity index (χ3v) is 6.91. The Bertz CT molecular complexity index is 1060. The van der Waals surface area contributed by atoms with E-state index in [1.54, 1.807) is 24.3 Å². The first kappa shape index (κ1) is 22.6. The molecule has 10 heteroatoms. The summed E-state index contributed by atoms with van der Waals surface area (Å²) in [5, 5.41) is 9.82. The molecule has 0 unspecified atom stereocenters. The number of hydrogen-bond donors (Lipinski definition) is 1. The van der Waals surface area contributed by atoms with Crippen molar-refractivity contribution in [3.05, 3.63) is 53.6 Å². The molecule has 1 amide bonds. The van der Waals surface area contributed by atoms with Crippen LogP contribution in [0.1, 0.15) is 15.9 Å². The van der Waals surface area contributed by atoms with Gasteiger partial charge in [-0.1, -0.05) is 17.7 Å². The SMILES string of the molecule is COc1ccc(O)c(C(=O)OCC(=O)N2CCN(S(=O)(=O)c3ccc(C)cc3)CC2)c1. The monoisotopic (exact) mass is 448 g/mol. The van der Waals surface area contributed by atoms with E-state index in [9.17, 15) is 23.1 Å². The van der Waals surface area contributed by atoms with Crippen molar-refractivity contribution in [2.45, 2.75) is 11.8 Å². The molecule has 31 heavy (non-hydrogen) atoms. The number of esters is 1. The summed E-state index contributed by atoms with van der Waals surface area (Å²) in [6, 6.07) is 10.7. The average molecular weight is 448 g/mol. The fourth-order valence-electron chi connectivity index (χ4n) is 3.14. The number of rotatable bonds is 6. The number of piperazine rings is 1. The molecule has 2 aromatic carbocycles. The van der Waals surface area contributed by atoms with E-state index in [2.05, 4.69) is 0 Å². The summed E-state index contributed by atoms with van der Waals surface area (Å²) in [4.78, 5) is 26.2. The zero-order chi connectivity index (χ0) is 22.6. The number of ether oxygens (including phenoxy) is 2. The maximum absolute atomic E-state index is 12.8. The predicted octanol–water partition coefficient (Wildman–Crippen LogP) is 1.40. The number of carbonyl (C=O) groups excluding carboxylic acids is 2. The molecular formula is C21H24N2O7S.